The predicted molar refractivity (Wildman–Crippen MR) is 143 cm³/mol. The first-order valence-electron chi connectivity index (χ1n) is 12.2. The van der Waals surface area contributed by atoms with Crippen LogP contribution in [-0.2, 0) is 13.5 Å². The average molecular weight is 499 g/mol. The zero-order valence-corrected chi connectivity index (χ0v) is 21.2. The van der Waals surface area contributed by atoms with E-state index in [1.165, 1.54) is 18.0 Å². The van der Waals surface area contributed by atoms with Gasteiger partial charge in [0.2, 0.25) is 5.95 Å². The Kier molecular flexibility index (Phi) is 7.14. The number of hydrogen-bond donors (Lipinski definition) is 1. The maximum atomic E-state index is 12.7. The quantitative estimate of drug-likeness (QED) is 0.416. The number of benzene rings is 2. The summed E-state index contributed by atoms with van der Waals surface area (Å²) >= 11 is 0. The van der Waals surface area contributed by atoms with Crippen LogP contribution in [0.5, 0.6) is 11.5 Å². The fourth-order valence-corrected chi connectivity index (χ4v) is 4.67. The SMILES string of the molecule is COc1ccc(-c2ccc(CC3CN(c4nc(-c5ccncn5)cc(=O)n4C)CCN3)cc2)c(OC)c1. The Morgan fingerprint density at radius 1 is 1.03 bits per heavy atom. The van der Waals surface area contributed by atoms with Gasteiger partial charge < -0.3 is 19.7 Å². The molecule has 0 amide bonds. The molecule has 3 heterocycles. The van der Waals surface area contributed by atoms with Crippen LogP contribution >= 0.6 is 0 Å². The van der Waals surface area contributed by atoms with Crippen molar-refractivity contribution < 1.29 is 9.47 Å². The van der Waals surface area contributed by atoms with Gasteiger partial charge in [-0.25, -0.2) is 15.0 Å². The summed E-state index contributed by atoms with van der Waals surface area (Å²) in [6, 6.07) is 17.9. The van der Waals surface area contributed by atoms with E-state index in [0.717, 1.165) is 48.7 Å². The van der Waals surface area contributed by atoms with Crippen LogP contribution in [0.25, 0.3) is 22.5 Å². The molecule has 9 heteroatoms. The van der Waals surface area contributed by atoms with Crippen molar-refractivity contribution in [1.82, 2.24) is 24.8 Å². The van der Waals surface area contributed by atoms with Crippen molar-refractivity contribution in [3.8, 4) is 34.0 Å². The van der Waals surface area contributed by atoms with E-state index in [4.69, 9.17) is 14.5 Å². The number of nitrogens with zero attached hydrogens (tertiary/aromatic N) is 5. The number of hydrogen-bond acceptors (Lipinski definition) is 8. The van der Waals surface area contributed by atoms with E-state index in [0.29, 0.717) is 17.3 Å². The van der Waals surface area contributed by atoms with E-state index < -0.39 is 0 Å². The van der Waals surface area contributed by atoms with Gasteiger partial charge in [-0.2, -0.15) is 0 Å². The van der Waals surface area contributed by atoms with E-state index in [9.17, 15) is 4.79 Å². The molecule has 0 aliphatic carbocycles. The summed E-state index contributed by atoms with van der Waals surface area (Å²) in [5, 5.41) is 3.61. The lowest BCUT2D eigenvalue weighted by molar-refractivity contribution is 0.395. The van der Waals surface area contributed by atoms with Crippen molar-refractivity contribution in [3.05, 3.63) is 83.0 Å². The molecule has 2 aromatic carbocycles. The van der Waals surface area contributed by atoms with Crippen molar-refractivity contribution in [3.63, 3.8) is 0 Å². The van der Waals surface area contributed by atoms with Gasteiger partial charge in [-0.05, 0) is 35.7 Å². The molecule has 4 aromatic rings. The van der Waals surface area contributed by atoms with Gasteiger partial charge in [0.15, 0.2) is 0 Å². The van der Waals surface area contributed by atoms with E-state index in [1.54, 1.807) is 38.1 Å². The Hall–Kier alpha value is -4.24. The molecule has 1 unspecified atom stereocenters. The van der Waals surface area contributed by atoms with Gasteiger partial charge in [-0.15, -0.1) is 0 Å². The zero-order chi connectivity index (χ0) is 25.8. The van der Waals surface area contributed by atoms with Crippen molar-refractivity contribution in [2.45, 2.75) is 12.5 Å². The van der Waals surface area contributed by atoms with Gasteiger partial charge in [-0.1, -0.05) is 24.3 Å². The summed E-state index contributed by atoms with van der Waals surface area (Å²) in [5.74, 6) is 2.19. The highest BCUT2D eigenvalue weighted by molar-refractivity contribution is 5.71. The number of anilines is 1. The molecule has 5 rings (SSSR count). The van der Waals surface area contributed by atoms with Crippen LogP contribution in [0.4, 0.5) is 5.95 Å². The summed E-state index contributed by atoms with van der Waals surface area (Å²) in [6.45, 7) is 2.31. The van der Waals surface area contributed by atoms with E-state index >= 15 is 0 Å². The van der Waals surface area contributed by atoms with E-state index in [1.807, 2.05) is 18.2 Å². The number of piperazine rings is 1. The van der Waals surface area contributed by atoms with E-state index in [-0.39, 0.29) is 11.6 Å². The molecule has 1 aliphatic heterocycles. The first kappa shape index (κ1) is 24.5. The maximum absolute atomic E-state index is 12.7. The van der Waals surface area contributed by atoms with Crippen LogP contribution < -0.4 is 25.2 Å². The lowest BCUT2D eigenvalue weighted by Gasteiger charge is -2.35. The second kappa shape index (κ2) is 10.8. The summed E-state index contributed by atoms with van der Waals surface area (Å²) in [6.07, 6.45) is 3.97. The number of ether oxygens (including phenoxy) is 2. The molecule has 2 aromatic heterocycles. The molecule has 1 N–H and O–H groups in total. The third-order valence-corrected chi connectivity index (χ3v) is 6.65. The molecule has 1 aliphatic rings. The smallest absolute Gasteiger partial charge is 0.255 e. The number of methoxy groups -OCH3 is 2. The van der Waals surface area contributed by atoms with Gasteiger partial charge in [0.25, 0.3) is 5.56 Å². The molecule has 1 atom stereocenters. The van der Waals surface area contributed by atoms with Crippen LogP contribution in [-0.4, -0.2) is 59.4 Å². The minimum Gasteiger partial charge on any atom is -0.497 e. The molecule has 9 nitrogen and oxygen atoms in total. The number of nitrogens with one attached hydrogen (secondary N) is 1. The van der Waals surface area contributed by atoms with Crippen molar-refractivity contribution in [2.75, 3.05) is 38.8 Å². The first-order chi connectivity index (χ1) is 18.1. The van der Waals surface area contributed by atoms with Crippen LogP contribution in [0.2, 0.25) is 0 Å². The first-order valence-corrected chi connectivity index (χ1v) is 12.2. The van der Waals surface area contributed by atoms with Gasteiger partial charge in [0.1, 0.15) is 17.8 Å². The molecule has 1 saturated heterocycles. The Balaban J connectivity index is 1.32. The molecule has 190 valence electrons. The van der Waals surface area contributed by atoms with E-state index in [2.05, 4.69) is 44.5 Å². The van der Waals surface area contributed by atoms with Gasteiger partial charge in [0, 0.05) is 56.6 Å². The highest BCUT2D eigenvalue weighted by atomic mass is 16.5. The predicted octanol–water partition coefficient (Wildman–Crippen LogP) is 2.94. The molecule has 0 radical (unpaired) electrons. The van der Waals surface area contributed by atoms with Gasteiger partial charge in [0.05, 0.1) is 25.6 Å². The van der Waals surface area contributed by atoms with Crippen molar-refractivity contribution >= 4 is 5.95 Å². The summed E-state index contributed by atoms with van der Waals surface area (Å²) in [7, 11) is 5.08. The molecular weight excluding hydrogens is 468 g/mol. The Morgan fingerprint density at radius 2 is 1.86 bits per heavy atom. The molecule has 1 fully saturated rings. The minimum absolute atomic E-state index is 0.113. The van der Waals surface area contributed by atoms with Crippen LogP contribution in [0, 0.1) is 0 Å². The molecule has 37 heavy (non-hydrogen) atoms. The Labute approximate surface area is 215 Å². The number of rotatable bonds is 7. The highest BCUT2D eigenvalue weighted by Gasteiger charge is 2.23. The third-order valence-electron chi connectivity index (χ3n) is 6.65. The fraction of sp³-hybridized carbons (Fsp3) is 0.286. The van der Waals surface area contributed by atoms with Gasteiger partial charge in [-0.3, -0.25) is 9.36 Å². The summed E-state index contributed by atoms with van der Waals surface area (Å²) < 4.78 is 12.5. The standard InChI is InChI=1S/C28H30N6O3/c1-33-27(35)16-25(24-10-11-29-18-31-24)32-28(33)34-13-12-30-21(17-34)14-19-4-6-20(7-5-19)23-9-8-22(36-2)15-26(23)37-3/h4-11,15-16,18,21,30H,12-14,17H2,1-3H3. The van der Waals surface area contributed by atoms with Crippen LogP contribution in [0.1, 0.15) is 5.56 Å². The topological polar surface area (TPSA) is 94.4 Å². The molecule has 0 spiro atoms. The monoisotopic (exact) mass is 498 g/mol. The summed E-state index contributed by atoms with van der Waals surface area (Å²) in [5.41, 5.74) is 4.41. The van der Waals surface area contributed by atoms with Gasteiger partial charge >= 0.3 is 0 Å². The molecule has 0 saturated carbocycles. The van der Waals surface area contributed by atoms with Crippen LogP contribution in [0.15, 0.2) is 71.9 Å². The zero-order valence-electron chi connectivity index (χ0n) is 21.2. The highest BCUT2D eigenvalue weighted by Crippen LogP contribution is 2.33. The van der Waals surface area contributed by atoms with Crippen LogP contribution in [0.3, 0.4) is 0 Å². The molecule has 0 bridgehead atoms. The van der Waals surface area contributed by atoms with Crippen molar-refractivity contribution in [1.29, 1.82) is 0 Å². The normalized spacial score (nSPS) is 15.4. The lowest BCUT2D eigenvalue weighted by Crippen LogP contribution is -2.53. The van der Waals surface area contributed by atoms with Crippen molar-refractivity contribution in [2.24, 2.45) is 7.05 Å². The second-order valence-electron chi connectivity index (χ2n) is 9.00. The third kappa shape index (κ3) is 5.31. The lowest BCUT2D eigenvalue weighted by atomic mass is 9.99. The fourth-order valence-electron chi connectivity index (χ4n) is 4.67. The second-order valence-corrected chi connectivity index (χ2v) is 9.00. The minimum atomic E-state index is -0.113. The average Bonchev–Trinajstić information content (AvgIpc) is 2.95. The molecular formula is C28H30N6O3. The Bertz CT molecular complexity index is 1420. The largest absolute Gasteiger partial charge is 0.497 e. The Morgan fingerprint density at radius 3 is 2.59 bits per heavy atom. The number of aromatic nitrogens is 4. The summed E-state index contributed by atoms with van der Waals surface area (Å²) in [4.78, 5) is 27.9. The maximum Gasteiger partial charge on any atom is 0.255 e.